The molecule has 0 spiro atoms. The SMILES string of the molecule is CCSC1CCCC1NC(=O)c1ccc(C)cc1NC. The quantitative estimate of drug-likeness (QED) is 0.873. The Balaban J connectivity index is 2.08. The molecule has 1 aliphatic carbocycles. The summed E-state index contributed by atoms with van der Waals surface area (Å²) in [7, 11) is 1.86. The highest BCUT2D eigenvalue weighted by Crippen LogP contribution is 2.30. The molecule has 1 fully saturated rings. The van der Waals surface area contributed by atoms with Gasteiger partial charge in [-0.25, -0.2) is 0 Å². The molecule has 1 aliphatic rings. The lowest BCUT2D eigenvalue weighted by Gasteiger charge is -2.21. The highest BCUT2D eigenvalue weighted by molar-refractivity contribution is 7.99. The van der Waals surface area contributed by atoms with Gasteiger partial charge in [-0.3, -0.25) is 4.79 Å². The van der Waals surface area contributed by atoms with E-state index in [1.807, 2.05) is 43.9 Å². The van der Waals surface area contributed by atoms with Crippen LogP contribution in [0.1, 0.15) is 42.1 Å². The van der Waals surface area contributed by atoms with Gasteiger partial charge in [0, 0.05) is 24.0 Å². The number of hydrogen-bond donors (Lipinski definition) is 2. The van der Waals surface area contributed by atoms with Crippen molar-refractivity contribution in [3.8, 4) is 0 Å². The fourth-order valence-electron chi connectivity index (χ4n) is 2.81. The topological polar surface area (TPSA) is 41.1 Å². The van der Waals surface area contributed by atoms with Crippen molar-refractivity contribution in [1.29, 1.82) is 0 Å². The molecule has 1 amide bonds. The van der Waals surface area contributed by atoms with Crippen molar-refractivity contribution >= 4 is 23.4 Å². The molecule has 20 heavy (non-hydrogen) atoms. The van der Waals surface area contributed by atoms with Crippen LogP contribution in [0.4, 0.5) is 5.69 Å². The first kappa shape index (κ1) is 15.2. The minimum Gasteiger partial charge on any atom is -0.387 e. The molecule has 2 unspecified atom stereocenters. The first-order valence-electron chi connectivity index (χ1n) is 7.36. The van der Waals surface area contributed by atoms with Gasteiger partial charge in [0.1, 0.15) is 0 Å². The van der Waals surface area contributed by atoms with Gasteiger partial charge >= 0.3 is 0 Å². The normalized spacial score (nSPS) is 21.8. The third-order valence-corrected chi connectivity index (χ3v) is 5.16. The summed E-state index contributed by atoms with van der Waals surface area (Å²) in [6.07, 6.45) is 3.54. The third kappa shape index (κ3) is 3.48. The van der Waals surface area contributed by atoms with Gasteiger partial charge in [0.2, 0.25) is 0 Å². The zero-order valence-corrected chi connectivity index (χ0v) is 13.3. The van der Waals surface area contributed by atoms with E-state index in [0.717, 1.165) is 29.0 Å². The Labute approximate surface area is 125 Å². The van der Waals surface area contributed by atoms with Gasteiger partial charge in [-0.05, 0) is 43.2 Å². The molecule has 1 aromatic rings. The van der Waals surface area contributed by atoms with E-state index in [1.54, 1.807) is 0 Å². The first-order valence-corrected chi connectivity index (χ1v) is 8.41. The van der Waals surface area contributed by atoms with Crippen molar-refractivity contribution in [2.45, 2.75) is 44.4 Å². The van der Waals surface area contributed by atoms with E-state index in [4.69, 9.17) is 0 Å². The molecule has 0 aromatic heterocycles. The number of amides is 1. The van der Waals surface area contributed by atoms with Crippen molar-refractivity contribution in [2.75, 3.05) is 18.1 Å². The molecule has 0 bridgehead atoms. The van der Waals surface area contributed by atoms with E-state index >= 15 is 0 Å². The zero-order chi connectivity index (χ0) is 14.5. The molecular weight excluding hydrogens is 268 g/mol. The van der Waals surface area contributed by atoms with Gasteiger partial charge in [0.05, 0.1) is 5.56 Å². The minimum absolute atomic E-state index is 0.0444. The van der Waals surface area contributed by atoms with Crippen LogP contribution in [-0.4, -0.2) is 30.0 Å². The predicted octanol–water partition coefficient (Wildman–Crippen LogP) is 3.44. The summed E-state index contributed by atoms with van der Waals surface area (Å²) < 4.78 is 0. The summed E-state index contributed by atoms with van der Waals surface area (Å²) in [6.45, 7) is 4.22. The lowest BCUT2D eigenvalue weighted by Crippen LogP contribution is -2.39. The Morgan fingerprint density at radius 2 is 2.20 bits per heavy atom. The number of benzene rings is 1. The van der Waals surface area contributed by atoms with Gasteiger partial charge in [-0.2, -0.15) is 11.8 Å². The number of aryl methyl sites for hydroxylation is 1. The van der Waals surface area contributed by atoms with Gasteiger partial charge in [0.15, 0.2) is 0 Å². The second kappa shape index (κ2) is 7.02. The maximum Gasteiger partial charge on any atom is 0.253 e. The van der Waals surface area contributed by atoms with Crippen LogP contribution in [0, 0.1) is 6.92 Å². The van der Waals surface area contributed by atoms with Crippen molar-refractivity contribution < 1.29 is 4.79 Å². The summed E-state index contributed by atoms with van der Waals surface area (Å²) >= 11 is 1.97. The third-order valence-electron chi connectivity index (χ3n) is 3.84. The van der Waals surface area contributed by atoms with Gasteiger partial charge in [-0.15, -0.1) is 0 Å². The van der Waals surface area contributed by atoms with Crippen molar-refractivity contribution in [2.24, 2.45) is 0 Å². The lowest BCUT2D eigenvalue weighted by atomic mass is 10.1. The highest BCUT2D eigenvalue weighted by atomic mass is 32.2. The molecule has 0 radical (unpaired) electrons. The number of rotatable bonds is 5. The summed E-state index contributed by atoms with van der Waals surface area (Å²) in [5.41, 5.74) is 2.80. The molecule has 2 atom stereocenters. The first-order chi connectivity index (χ1) is 9.65. The number of carbonyl (C=O) groups excluding carboxylic acids is 1. The van der Waals surface area contributed by atoms with Crippen LogP contribution >= 0.6 is 11.8 Å². The van der Waals surface area contributed by atoms with E-state index in [0.29, 0.717) is 11.3 Å². The Morgan fingerprint density at radius 1 is 1.40 bits per heavy atom. The molecule has 3 nitrogen and oxygen atoms in total. The number of thioether (sulfide) groups is 1. The molecule has 1 saturated carbocycles. The molecule has 4 heteroatoms. The molecule has 0 saturated heterocycles. The van der Waals surface area contributed by atoms with Crippen LogP contribution < -0.4 is 10.6 Å². The monoisotopic (exact) mass is 292 g/mol. The van der Waals surface area contributed by atoms with Crippen LogP contribution in [0.15, 0.2) is 18.2 Å². The summed E-state index contributed by atoms with van der Waals surface area (Å²) in [4.78, 5) is 12.5. The number of carbonyl (C=O) groups is 1. The van der Waals surface area contributed by atoms with Crippen LogP contribution in [0.3, 0.4) is 0 Å². The molecule has 110 valence electrons. The van der Waals surface area contributed by atoms with Crippen LogP contribution in [-0.2, 0) is 0 Å². The van der Waals surface area contributed by atoms with Gasteiger partial charge in [-0.1, -0.05) is 19.4 Å². The van der Waals surface area contributed by atoms with E-state index in [9.17, 15) is 4.79 Å². The van der Waals surface area contributed by atoms with Crippen LogP contribution in [0.2, 0.25) is 0 Å². The molecule has 0 aliphatic heterocycles. The number of nitrogens with one attached hydrogen (secondary N) is 2. The maximum atomic E-state index is 12.5. The second-order valence-corrected chi connectivity index (χ2v) is 6.82. The van der Waals surface area contributed by atoms with Gasteiger partial charge in [0.25, 0.3) is 5.91 Å². The smallest absolute Gasteiger partial charge is 0.253 e. The maximum absolute atomic E-state index is 12.5. The fraction of sp³-hybridized carbons (Fsp3) is 0.562. The van der Waals surface area contributed by atoms with Crippen molar-refractivity contribution in [3.05, 3.63) is 29.3 Å². The van der Waals surface area contributed by atoms with E-state index in [-0.39, 0.29) is 5.91 Å². The summed E-state index contributed by atoms with van der Waals surface area (Å²) in [5.74, 6) is 1.16. The summed E-state index contributed by atoms with van der Waals surface area (Å²) in [6, 6.07) is 6.23. The summed E-state index contributed by atoms with van der Waals surface area (Å²) in [5, 5.41) is 6.91. The molecular formula is C16H24N2OS. The number of anilines is 1. The molecule has 0 heterocycles. The number of hydrogen-bond acceptors (Lipinski definition) is 3. The van der Waals surface area contributed by atoms with E-state index < -0.39 is 0 Å². The van der Waals surface area contributed by atoms with Crippen molar-refractivity contribution in [3.63, 3.8) is 0 Å². The Hall–Kier alpha value is -1.16. The zero-order valence-electron chi connectivity index (χ0n) is 12.5. The Bertz CT molecular complexity index is 476. The van der Waals surface area contributed by atoms with E-state index in [1.165, 1.54) is 12.8 Å². The molecule has 1 aromatic carbocycles. The largest absolute Gasteiger partial charge is 0.387 e. The van der Waals surface area contributed by atoms with Crippen LogP contribution in [0.5, 0.6) is 0 Å². The average Bonchev–Trinajstić information content (AvgIpc) is 2.86. The average molecular weight is 292 g/mol. The standard InChI is InChI=1S/C16H24N2OS/c1-4-20-15-7-5-6-13(15)18-16(19)12-9-8-11(2)10-14(12)17-3/h8-10,13,15,17H,4-7H2,1-3H3,(H,18,19). The lowest BCUT2D eigenvalue weighted by molar-refractivity contribution is 0.0939. The highest BCUT2D eigenvalue weighted by Gasteiger charge is 2.29. The molecule has 2 rings (SSSR count). The van der Waals surface area contributed by atoms with Crippen molar-refractivity contribution in [1.82, 2.24) is 5.32 Å². The second-order valence-electron chi connectivity index (χ2n) is 5.30. The predicted molar refractivity (Wildman–Crippen MR) is 87.8 cm³/mol. The Kier molecular flexibility index (Phi) is 5.35. The van der Waals surface area contributed by atoms with Crippen LogP contribution in [0.25, 0.3) is 0 Å². The Morgan fingerprint density at radius 3 is 2.90 bits per heavy atom. The molecule has 2 N–H and O–H groups in total. The van der Waals surface area contributed by atoms with Gasteiger partial charge < -0.3 is 10.6 Å². The minimum atomic E-state index is 0.0444. The fourth-order valence-corrected chi connectivity index (χ4v) is 4.01. The van der Waals surface area contributed by atoms with E-state index in [2.05, 4.69) is 17.6 Å².